The van der Waals surface area contributed by atoms with Crippen molar-refractivity contribution in [2.45, 2.75) is 26.2 Å². The minimum atomic E-state index is -1.05. The van der Waals surface area contributed by atoms with E-state index in [1.165, 1.54) is 11.3 Å². The monoisotopic (exact) mass is 449 g/mol. The minimum Gasteiger partial charge on any atom is -0.482 e. The second kappa shape index (κ2) is 8.47. The summed E-state index contributed by atoms with van der Waals surface area (Å²) < 4.78 is 7.99. The van der Waals surface area contributed by atoms with Gasteiger partial charge in [0.15, 0.2) is 6.61 Å². The number of benzene rings is 2. The van der Waals surface area contributed by atoms with Gasteiger partial charge < -0.3 is 15.2 Å². The van der Waals surface area contributed by atoms with Crippen LogP contribution in [0, 0.1) is 0 Å². The van der Waals surface area contributed by atoms with E-state index in [0.29, 0.717) is 22.1 Å². The standard InChI is InChI=1S/C24H23N3O4S/c1-24(2,3)20-13-21(25-23(30)19-11-15-7-4-5-10-18(15)32-19)27(26-20)16-8-6-9-17(12-16)31-14-22(28)29/h4-13H,14H2,1-3H3,(H,25,30)(H,28,29). The lowest BCUT2D eigenvalue weighted by molar-refractivity contribution is -0.139. The van der Waals surface area contributed by atoms with Gasteiger partial charge in [0, 0.05) is 22.2 Å². The number of aromatic nitrogens is 2. The topological polar surface area (TPSA) is 93.5 Å². The second-order valence-corrected chi connectivity index (χ2v) is 9.44. The number of nitrogens with zero attached hydrogens (tertiary/aromatic N) is 2. The summed E-state index contributed by atoms with van der Waals surface area (Å²) >= 11 is 1.43. The van der Waals surface area contributed by atoms with E-state index in [2.05, 4.69) is 5.32 Å². The number of ether oxygens (including phenoxy) is 1. The fourth-order valence-corrected chi connectivity index (χ4v) is 4.11. The van der Waals surface area contributed by atoms with Gasteiger partial charge in [0.25, 0.3) is 5.91 Å². The highest BCUT2D eigenvalue weighted by atomic mass is 32.1. The van der Waals surface area contributed by atoms with Gasteiger partial charge in [0.1, 0.15) is 11.6 Å². The fraction of sp³-hybridized carbons (Fsp3) is 0.208. The summed E-state index contributed by atoms with van der Waals surface area (Å²) in [6, 6.07) is 18.5. The zero-order chi connectivity index (χ0) is 22.9. The van der Waals surface area contributed by atoms with Crippen molar-refractivity contribution in [3.63, 3.8) is 0 Å². The van der Waals surface area contributed by atoms with Crippen molar-refractivity contribution in [3.8, 4) is 11.4 Å². The van der Waals surface area contributed by atoms with Crippen LogP contribution in [0.1, 0.15) is 36.1 Å². The number of nitrogens with one attached hydrogen (secondary N) is 1. The third-order valence-electron chi connectivity index (χ3n) is 4.79. The van der Waals surface area contributed by atoms with Crippen molar-refractivity contribution < 1.29 is 19.4 Å². The van der Waals surface area contributed by atoms with Gasteiger partial charge in [-0.2, -0.15) is 5.10 Å². The number of aliphatic carboxylic acids is 1. The molecule has 164 valence electrons. The van der Waals surface area contributed by atoms with Gasteiger partial charge in [0.2, 0.25) is 0 Å². The zero-order valence-corrected chi connectivity index (χ0v) is 18.8. The first kappa shape index (κ1) is 21.6. The van der Waals surface area contributed by atoms with Crippen LogP contribution in [0.25, 0.3) is 15.8 Å². The molecule has 2 N–H and O–H groups in total. The smallest absolute Gasteiger partial charge is 0.341 e. The molecule has 4 aromatic rings. The molecule has 4 rings (SSSR count). The van der Waals surface area contributed by atoms with Crippen molar-refractivity contribution in [3.05, 3.63) is 71.2 Å². The molecule has 0 aliphatic heterocycles. The van der Waals surface area contributed by atoms with Gasteiger partial charge in [-0.3, -0.25) is 4.79 Å². The summed E-state index contributed by atoms with van der Waals surface area (Å²) in [4.78, 5) is 24.5. The van der Waals surface area contributed by atoms with E-state index in [0.717, 1.165) is 15.8 Å². The summed E-state index contributed by atoms with van der Waals surface area (Å²) in [5.74, 6) is -0.348. The fourth-order valence-electron chi connectivity index (χ4n) is 3.16. The van der Waals surface area contributed by atoms with Crippen LogP contribution >= 0.6 is 11.3 Å². The molecule has 1 amide bonds. The Balaban J connectivity index is 1.69. The Labute approximate surface area is 189 Å². The third kappa shape index (κ3) is 4.65. The average Bonchev–Trinajstić information content (AvgIpc) is 3.37. The van der Waals surface area contributed by atoms with E-state index >= 15 is 0 Å². The van der Waals surface area contributed by atoms with Gasteiger partial charge in [-0.15, -0.1) is 11.3 Å². The molecule has 2 heterocycles. The SMILES string of the molecule is CC(C)(C)c1cc(NC(=O)c2cc3ccccc3s2)n(-c2cccc(OCC(=O)O)c2)n1. The molecular formula is C24H23N3O4S. The number of rotatable bonds is 6. The maximum absolute atomic E-state index is 13.0. The number of amides is 1. The van der Waals surface area contributed by atoms with Crippen LogP contribution in [-0.2, 0) is 10.2 Å². The molecule has 7 nitrogen and oxygen atoms in total. The lowest BCUT2D eigenvalue weighted by Gasteiger charge is -2.14. The lowest BCUT2D eigenvalue weighted by atomic mass is 9.92. The molecule has 0 fully saturated rings. The van der Waals surface area contributed by atoms with Crippen LogP contribution in [0.15, 0.2) is 60.7 Å². The number of thiophene rings is 1. The second-order valence-electron chi connectivity index (χ2n) is 8.36. The van der Waals surface area contributed by atoms with Crippen LogP contribution in [-0.4, -0.2) is 33.4 Å². The first-order valence-corrected chi connectivity index (χ1v) is 10.9. The molecule has 0 atom stereocenters. The molecule has 0 aliphatic rings. The summed E-state index contributed by atoms with van der Waals surface area (Å²) in [7, 11) is 0. The summed E-state index contributed by atoms with van der Waals surface area (Å²) in [6.45, 7) is 5.70. The normalized spacial score (nSPS) is 11.5. The predicted octanol–water partition coefficient (Wildman–Crippen LogP) is 5.10. The molecular weight excluding hydrogens is 426 g/mol. The molecule has 0 spiro atoms. The van der Waals surface area contributed by atoms with Crippen LogP contribution in [0.3, 0.4) is 0 Å². The van der Waals surface area contributed by atoms with Crippen molar-refractivity contribution in [2.24, 2.45) is 0 Å². The maximum Gasteiger partial charge on any atom is 0.341 e. The first-order valence-electron chi connectivity index (χ1n) is 10.1. The number of anilines is 1. The first-order chi connectivity index (χ1) is 15.2. The van der Waals surface area contributed by atoms with Crippen molar-refractivity contribution in [1.82, 2.24) is 9.78 Å². The highest BCUT2D eigenvalue weighted by molar-refractivity contribution is 7.20. The van der Waals surface area contributed by atoms with Crippen molar-refractivity contribution in [2.75, 3.05) is 11.9 Å². The Morgan fingerprint density at radius 3 is 2.59 bits per heavy atom. The number of carbonyl (C=O) groups is 2. The third-order valence-corrected chi connectivity index (χ3v) is 5.91. The average molecular weight is 450 g/mol. The number of carboxylic acid groups (broad SMARTS) is 1. The number of hydrogen-bond donors (Lipinski definition) is 2. The Hall–Kier alpha value is -3.65. The number of carbonyl (C=O) groups excluding carboxylic acids is 1. The molecule has 32 heavy (non-hydrogen) atoms. The van der Waals surface area contributed by atoms with E-state index in [-0.39, 0.29) is 11.3 Å². The Morgan fingerprint density at radius 2 is 1.88 bits per heavy atom. The number of carboxylic acids is 1. The summed E-state index contributed by atoms with van der Waals surface area (Å²) in [6.07, 6.45) is 0. The molecule has 0 bridgehead atoms. The number of fused-ring (bicyclic) bond motifs is 1. The van der Waals surface area contributed by atoms with Crippen LogP contribution in [0.2, 0.25) is 0 Å². The van der Waals surface area contributed by atoms with Gasteiger partial charge >= 0.3 is 5.97 Å². The van der Waals surface area contributed by atoms with E-state index in [4.69, 9.17) is 14.9 Å². The Morgan fingerprint density at radius 1 is 1.09 bits per heavy atom. The molecule has 0 aliphatic carbocycles. The molecule has 8 heteroatoms. The van der Waals surface area contributed by atoms with E-state index in [1.807, 2.05) is 63.2 Å². The highest BCUT2D eigenvalue weighted by Gasteiger charge is 2.22. The zero-order valence-electron chi connectivity index (χ0n) is 18.0. The molecule has 0 saturated carbocycles. The van der Waals surface area contributed by atoms with Crippen molar-refractivity contribution >= 4 is 39.1 Å². The molecule has 0 unspecified atom stereocenters. The quantitative estimate of drug-likeness (QED) is 0.427. The van der Waals surface area contributed by atoms with Gasteiger partial charge in [-0.25, -0.2) is 9.48 Å². The van der Waals surface area contributed by atoms with Gasteiger partial charge in [0.05, 0.1) is 16.3 Å². The Bertz CT molecular complexity index is 1270. The molecule has 0 saturated heterocycles. The van der Waals surface area contributed by atoms with Crippen molar-refractivity contribution in [1.29, 1.82) is 0 Å². The van der Waals surface area contributed by atoms with Crippen LogP contribution in [0.5, 0.6) is 5.75 Å². The van der Waals surface area contributed by atoms with Crippen LogP contribution in [0.4, 0.5) is 5.82 Å². The van der Waals surface area contributed by atoms with Crippen LogP contribution < -0.4 is 10.1 Å². The minimum absolute atomic E-state index is 0.217. The van der Waals surface area contributed by atoms with E-state index in [1.54, 1.807) is 22.9 Å². The maximum atomic E-state index is 13.0. The Kier molecular flexibility index (Phi) is 5.71. The summed E-state index contributed by atoms with van der Waals surface area (Å²) in [5, 5.41) is 17.6. The molecule has 2 aromatic carbocycles. The highest BCUT2D eigenvalue weighted by Crippen LogP contribution is 2.30. The molecule has 0 radical (unpaired) electrons. The lowest BCUT2D eigenvalue weighted by Crippen LogP contribution is -2.14. The predicted molar refractivity (Wildman–Crippen MR) is 125 cm³/mol. The van der Waals surface area contributed by atoms with Gasteiger partial charge in [-0.1, -0.05) is 45.0 Å². The summed E-state index contributed by atoms with van der Waals surface area (Å²) in [5.41, 5.74) is 1.22. The van der Waals surface area contributed by atoms with Gasteiger partial charge in [-0.05, 0) is 29.7 Å². The van der Waals surface area contributed by atoms with E-state index < -0.39 is 12.6 Å². The van der Waals surface area contributed by atoms with E-state index in [9.17, 15) is 9.59 Å². The molecule has 2 aromatic heterocycles. The largest absolute Gasteiger partial charge is 0.482 e. The number of hydrogen-bond acceptors (Lipinski definition) is 5.